The number of hydrogen-bond donors (Lipinski definition) is 3. The molecular weight excluding hydrogens is 630 g/mol. The molecule has 0 unspecified atom stereocenters. The van der Waals surface area contributed by atoms with Crippen molar-refractivity contribution in [2.45, 2.75) is 32.6 Å². The minimum Gasteiger partial charge on any atom is -0.495 e. The predicted molar refractivity (Wildman–Crippen MR) is 186 cm³/mol. The Morgan fingerprint density at radius 2 is 1.41 bits per heavy atom. The van der Waals surface area contributed by atoms with Gasteiger partial charge in [-0.25, -0.2) is 9.59 Å². The molecule has 3 aromatic rings. The lowest BCUT2D eigenvalue weighted by Crippen LogP contribution is -2.46. The molecule has 0 aromatic heterocycles. The smallest absolute Gasteiger partial charge is 0.323 e. The topological polar surface area (TPSA) is 150 Å². The number of anilines is 2. The van der Waals surface area contributed by atoms with E-state index in [2.05, 4.69) is 10.6 Å². The quantitative estimate of drug-likeness (QED) is 0.232. The second-order valence-electron chi connectivity index (χ2n) is 11.7. The Bertz CT molecular complexity index is 1630. The van der Waals surface area contributed by atoms with Crippen LogP contribution in [0.25, 0.3) is 0 Å². The highest BCUT2D eigenvalue weighted by Crippen LogP contribution is 2.28. The molecule has 0 aliphatic carbocycles. The van der Waals surface area contributed by atoms with E-state index in [1.165, 1.54) is 7.11 Å². The van der Waals surface area contributed by atoms with Gasteiger partial charge in [0, 0.05) is 45.0 Å². The molecule has 1 aliphatic rings. The average molecular weight is 676 g/mol. The Hall–Kier alpha value is -5.46. The normalized spacial score (nSPS) is 12.8. The average Bonchev–Trinajstić information content (AvgIpc) is 3.36. The number of ether oxygens (including phenoxy) is 3. The maximum Gasteiger partial charge on any atom is 0.323 e. The van der Waals surface area contributed by atoms with Gasteiger partial charge in [-0.3, -0.25) is 9.59 Å². The van der Waals surface area contributed by atoms with Crippen molar-refractivity contribution >= 4 is 35.3 Å². The fourth-order valence-electron chi connectivity index (χ4n) is 5.62. The van der Waals surface area contributed by atoms with E-state index in [4.69, 9.17) is 14.2 Å². The van der Waals surface area contributed by atoms with Crippen molar-refractivity contribution in [3.8, 4) is 17.2 Å². The number of aliphatic carboxylic acids is 1. The number of carbonyl (C=O) groups is 4. The third-order valence-corrected chi connectivity index (χ3v) is 8.37. The van der Waals surface area contributed by atoms with Crippen LogP contribution in [0.15, 0.2) is 60.7 Å². The molecule has 262 valence electrons. The Morgan fingerprint density at radius 3 is 2.12 bits per heavy atom. The summed E-state index contributed by atoms with van der Waals surface area (Å²) in [4.78, 5) is 56.0. The Labute approximate surface area is 286 Å². The van der Waals surface area contributed by atoms with Gasteiger partial charge in [-0.2, -0.15) is 0 Å². The summed E-state index contributed by atoms with van der Waals surface area (Å²) >= 11 is 0. The Morgan fingerprint density at radius 1 is 0.755 bits per heavy atom. The molecule has 1 aliphatic heterocycles. The first-order chi connectivity index (χ1) is 23.6. The van der Waals surface area contributed by atoms with Gasteiger partial charge in [-0.1, -0.05) is 30.3 Å². The minimum atomic E-state index is -0.984. The Balaban J connectivity index is 1.34. The van der Waals surface area contributed by atoms with Crippen LogP contribution in [0.5, 0.6) is 17.2 Å². The molecule has 3 aromatic carbocycles. The molecule has 1 saturated heterocycles. The first kappa shape index (κ1) is 36.4. The lowest BCUT2D eigenvalue weighted by molar-refractivity contribution is -0.137. The standard InChI is InChI=1S/C36H45N5O8/c1-25-8-5-6-9-28(25)37-35(45)38-29-12-10-27(23-31(29)48-3)24-33(42)39-16-7-17-40(21-20-39)36(46)41(19-15-34(43)44)18-14-26-11-13-30(47-2)32(22-26)49-4/h5-6,8-13,22-23H,7,14-21,24H2,1-4H3,(H,43,44)(H2,37,38,45). The van der Waals surface area contributed by atoms with Crippen molar-refractivity contribution in [1.29, 1.82) is 0 Å². The van der Waals surface area contributed by atoms with E-state index >= 15 is 0 Å². The van der Waals surface area contributed by atoms with E-state index in [0.29, 0.717) is 74.2 Å². The number of amides is 5. The zero-order valence-electron chi connectivity index (χ0n) is 28.5. The van der Waals surface area contributed by atoms with E-state index in [-0.39, 0.29) is 31.3 Å². The third-order valence-electron chi connectivity index (χ3n) is 8.37. The molecule has 0 bridgehead atoms. The molecule has 4 rings (SSSR count). The lowest BCUT2D eigenvalue weighted by atomic mass is 10.1. The third kappa shape index (κ3) is 10.3. The summed E-state index contributed by atoms with van der Waals surface area (Å²) in [5.41, 5.74) is 3.73. The van der Waals surface area contributed by atoms with Gasteiger partial charge in [0.25, 0.3) is 0 Å². The number of para-hydroxylation sites is 1. The number of nitrogens with zero attached hydrogens (tertiary/aromatic N) is 3. The van der Waals surface area contributed by atoms with Crippen molar-refractivity contribution < 1.29 is 38.5 Å². The first-order valence-corrected chi connectivity index (χ1v) is 16.2. The maximum atomic E-state index is 13.6. The highest BCUT2D eigenvalue weighted by molar-refractivity contribution is 6.01. The van der Waals surface area contributed by atoms with Crippen molar-refractivity contribution in [2.24, 2.45) is 0 Å². The van der Waals surface area contributed by atoms with Gasteiger partial charge in [0.2, 0.25) is 5.91 Å². The number of aryl methyl sites for hydroxylation is 1. The van der Waals surface area contributed by atoms with Crippen LogP contribution < -0.4 is 24.8 Å². The van der Waals surface area contributed by atoms with Crippen LogP contribution in [0.4, 0.5) is 21.0 Å². The number of carboxylic acid groups (broad SMARTS) is 1. The first-order valence-electron chi connectivity index (χ1n) is 16.2. The number of benzene rings is 3. The summed E-state index contributed by atoms with van der Waals surface area (Å²) < 4.78 is 16.2. The summed E-state index contributed by atoms with van der Waals surface area (Å²) in [6, 6.07) is 17.5. The molecule has 1 heterocycles. The van der Waals surface area contributed by atoms with Gasteiger partial charge in [-0.15, -0.1) is 0 Å². The maximum absolute atomic E-state index is 13.6. The van der Waals surface area contributed by atoms with E-state index < -0.39 is 12.0 Å². The highest BCUT2D eigenvalue weighted by Gasteiger charge is 2.26. The SMILES string of the molecule is COc1cc(CC(=O)N2CCCN(C(=O)N(CCC(=O)O)CCc3ccc(OC)c(OC)c3)CC2)ccc1NC(=O)Nc1ccccc1C. The molecule has 0 radical (unpaired) electrons. The lowest BCUT2D eigenvalue weighted by Gasteiger charge is -2.30. The monoisotopic (exact) mass is 675 g/mol. The van der Waals surface area contributed by atoms with E-state index in [1.54, 1.807) is 53.2 Å². The van der Waals surface area contributed by atoms with Gasteiger partial charge >= 0.3 is 18.0 Å². The molecule has 13 heteroatoms. The van der Waals surface area contributed by atoms with Crippen molar-refractivity contribution in [3.63, 3.8) is 0 Å². The number of nitrogens with one attached hydrogen (secondary N) is 2. The van der Waals surface area contributed by atoms with Gasteiger partial charge < -0.3 is 44.7 Å². The van der Waals surface area contributed by atoms with Crippen molar-refractivity contribution in [1.82, 2.24) is 14.7 Å². The Kier molecular flexibility index (Phi) is 13.1. The van der Waals surface area contributed by atoms with Gasteiger partial charge in [-0.05, 0) is 66.8 Å². The summed E-state index contributed by atoms with van der Waals surface area (Å²) in [6.07, 6.45) is 1.03. The van der Waals surface area contributed by atoms with Crippen LogP contribution in [0.1, 0.15) is 29.5 Å². The molecule has 0 atom stereocenters. The number of rotatable bonds is 13. The largest absolute Gasteiger partial charge is 0.495 e. The number of carbonyl (C=O) groups excluding carboxylic acids is 3. The summed E-state index contributed by atoms with van der Waals surface area (Å²) in [6.45, 7) is 3.90. The molecular formula is C36H45N5O8. The minimum absolute atomic E-state index is 0.0703. The van der Waals surface area contributed by atoms with Crippen LogP contribution in [0.3, 0.4) is 0 Å². The fourth-order valence-corrected chi connectivity index (χ4v) is 5.62. The number of hydrogen-bond acceptors (Lipinski definition) is 7. The summed E-state index contributed by atoms with van der Waals surface area (Å²) in [5, 5.41) is 15.0. The summed E-state index contributed by atoms with van der Waals surface area (Å²) in [7, 11) is 4.61. The van der Waals surface area contributed by atoms with Crippen LogP contribution in [0, 0.1) is 6.92 Å². The van der Waals surface area contributed by atoms with Crippen molar-refractivity contribution in [2.75, 3.05) is 71.2 Å². The van der Waals surface area contributed by atoms with E-state index in [0.717, 1.165) is 16.7 Å². The van der Waals surface area contributed by atoms with E-state index in [1.807, 2.05) is 43.3 Å². The zero-order valence-corrected chi connectivity index (χ0v) is 28.5. The second-order valence-corrected chi connectivity index (χ2v) is 11.7. The second kappa shape index (κ2) is 17.6. The van der Waals surface area contributed by atoms with Crippen LogP contribution in [-0.2, 0) is 22.4 Å². The number of methoxy groups -OCH3 is 3. The number of urea groups is 2. The van der Waals surface area contributed by atoms with E-state index in [9.17, 15) is 24.3 Å². The fraction of sp³-hybridized carbons (Fsp3) is 0.389. The molecule has 1 fully saturated rings. The van der Waals surface area contributed by atoms with Gasteiger partial charge in [0.05, 0.1) is 39.9 Å². The predicted octanol–water partition coefficient (Wildman–Crippen LogP) is 4.88. The summed E-state index contributed by atoms with van der Waals surface area (Å²) in [5.74, 6) is 0.522. The highest BCUT2D eigenvalue weighted by atomic mass is 16.5. The molecule has 5 amide bonds. The molecule has 0 spiro atoms. The molecule has 49 heavy (non-hydrogen) atoms. The zero-order chi connectivity index (χ0) is 35.3. The molecule has 13 nitrogen and oxygen atoms in total. The van der Waals surface area contributed by atoms with Crippen LogP contribution in [0.2, 0.25) is 0 Å². The van der Waals surface area contributed by atoms with Crippen LogP contribution in [-0.4, -0.2) is 104 Å². The van der Waals surface area contributed by atoms with Gasteiger partial charge in [0.15, 0.2) is 11.5 Å². The van der Waals surface area contributed by atoms with Gasteiger partial charge in [0.1, 0.15) is 5.75 Å². The molecule has 3 N–H and O–H groups in total. The van der Waals surface area contributed by atoms with Crippen molar-refractivity contribution in [3.05, 3.63) is 77.4 Å². The number of carboxylic acids is 1. The molecule has 0 saturated carbocycles. The van der Waals surface area contributed by atoms with Crippen LogP contribution >= 0.6 is 0 Å².